The Hall–Kier alpha value is -1.25. The van der Waals surface area contributed by atoms with Gasteiger partial charge >= 0.3 is 0 Å². The van der Waals surface area contributed by atoms with Crippen LogP contribution in [0.15, 0.2) is 28.7 Å². The summed E-state index contributed by atoms with van der Waals surface area (Å²) in [5.41, 5.74) is 0.583. The Balaban J connectivity index is 1.62. The van der Waals surface area contributed by atoms with E-state index in [9.17, 15) is 12.8 Å². The van der Waals surface area contributed by atoms with Gasteiger partial charge in [-0.05, 0) is 41.1 Å². The third kappa shape index (κ3) is 3.49. The molecular weight excluding hydrogens is 385 g/mol. The third-order valence-corrected chi connectivity index (χ3v) is 6.41. The molecule has 1 aromatic heterocycles. The Labute approximate surface area is 143 Å². The minimum absolute atomic E-state index is 0.139. The number of anilines is 1. The minimum atomic E-state index is -3.07. The molecule has 8 heteroatoms. The molecule has 3 rings (SSSR count). The molecule has 0 aliphatic carbocycles. The van der Waals surface area contributed by atoms with Gasteiger partial charge in [0, 0.05) is 37.0 Å². The maximum Gasteiger partial charge on any atom is 0.213 e. The van der Waals surface area contributed by atoms with Crippen LogP contribution in [0.5, 0.6) is 0 Å². The Morgan fingerprint density at radius 3 is 2.83 bits per heavy atom. The van der Waals surface area contributed by atoms with Crippen molar-refractivity contribution < 1.29 is 12.8 Å². The van der Waals surface area contributed by atoms with Crippen LogP contribution in [0.1, 0.15) is 6.92 Å². The molecule has 23 heavy (non-hydrogen) atoms. The third-order valence-electron chi connectivity index (χ3n) is 3.98. The quantitative estimate of drug-likeness (QED) is 0.836. The van der Waals surface area contributed by atoms with Gasteiger partial charge in [-0.3, -0.25) is 0 Å². The van der Waals surface area contributed by atoms with Crippen LogP contribution in [-0.2, 0) is 10.0 Å². The van der Waals surface area contributed by atoms with Gasteiger partial charge in [0.05, 0.1) is 15.7 Å². The lowest BCUT2D eigenvalue weighted by Crippen LogP contribution is -2.52. The SMILES string of the molecule is CCS(=O)(=O)N1CC(CNc2ccc3cc(Br)c(F)cc3n2)C1. The average Bonchev–Trinajstić information content (AvgIpc) is 2.47. The lowest BCUT2D eigenvalue weighted by Gasteiger charge is -2.38. The standard InChI is InChI=1S/C15H17BrFN3O2S/c1-2-23(21,22)20-8-10(9-20)7-18-15-4-3-11-5-12(16)13(17)6-14(11)19-15/h3-6,10H,2,7-9H2,1H3,(H,18,19). The Kier molecular flexibility index (Phi) is 4.57. The summed E-state index contributed by atoms with van der Waals surface area (Å²) in [4.78, 5) is 4.39. The van der Waals surface area contributed by atoms with Crippen LogP contribution < -0.4 is 5.32 Å². The highest BCUT2D eigenvalue weighted by atomic mass is 79.9. The Morgan fingerprint density at radius 2 is 2.13 bits per heavy atom. The molecule has 124 valence electrons. The van der Waals surface area contributed by atoms with Crippen molar-refractivity contribution in [3.63, 3.8) is 0 Å². The number of rotatable bonds is 5. The van der Waals surface area contributed by atoms with Crippen LogP contribution in [0.3, 0.4) is 0 Å². The van der Waals surface area contributed by atoms with E-state index >= 15 is 0 Å². The summed E-state index contributed by atoms with van der Waals surface area (Å²) >= 11 is 3.16. The predicted octanol–water partition coefficient (Wildman–Crippen LogP) is 2.83. The minimum Gasteiger partial charge on any atom is -0.370 e. The normalized spacial score (nSPS) is 16.5. The average molecular weight is 402 g/mol. The molecule has 1 saturated heterocycles. The molecule has 0 amide bonds. The molecule has 0 unspecified atom stereocenters. The highest BCUT2D eigenvalue weighted by Crippen LogP contribution is 2.24. The van der Waals surface area contributed by atoms with Gasteiger partial charge < -0.3 is 5.32 Å². The summed E-state index contributed by atoms with van der Waals surface area (Å²) in [6.45, 7) is 3.38. The first-order valence-corrected chi connectivity index (χ1v) is 9.77. The topological polar surface area (TPSA) is 62.3 Å². The van der Waals surface area contributed by atoms with E-state index in [2.05, 4.69) is 26.2 Å². The number of hydrogen-bond donors (Lipinski definition) is 1. The van der Waals surface area contributed by atoms with Gasteiger partial charge in [-0.15, -0.1) is 0 Å². The molecule has 0 atom stereocenters. The number of sulfonamides is 1. The predicted molar refractivity (Wildman–Crippen MR) is 92.4 cm³/mol. The second-order valence-electron chi connectivity index (χ2n) is 5.62. The highest BCUT2D eigenvalue weighted by Gasteiger charge is 2.34. The smallest absolute Gasteiger partial charge is 0.213 e. The highest BCUT2D eigenvalue weighted by molar-refractivity contribution is 9.10. The van der Waals surface area contributed by atoms with Gasteiger partial charge in [-0.2, -0.15) is 0 Å². The number of hydrogen-bond acceptors (Lipinski definition) is 4. The molecule has 1 aliphatic heterocycles. The first-order chi connectivity index (χ1) is 10.9. The second-order valence-corrected chi connectivity index (χ2v) is 8.73. The molecule has 5 nitrogen and oxygen atoms in total. The zero-order chi connectivity index (χ0) is 16.6. The molecule has 0 bridgehead atoms. The lowest BCUT2D eigenvalue weighted by molar-refractivity contribution is 0.212. The molecule has 1 N–H and O–H groups in total. The van der Waals surface area contributed by atoms with Gasteiger partial charge in [0.15, 0.2) is 0 Å². The summed E-state index contributed by atoms with van der Waals surface area (Å²) in [5.74, 6) is 0.730. The first-order valence-electron chi connectivity index (χ1n) is 7.36. The van der Waals surface area contributed by atoms with E-state index in [-0.39, 0.29) is 17.5 Å². The van der Waals surface area contributed by atoms with Crippen molar-refractivity contribution in [2.45, 2.75) is 6.92 Å². The van der Waals surface area contributed by atoms with E-state index < -0.39 is 10.0 Å². The summed E-state index contributed by atoms with van der Waals surface area (Å²) in [5, 5.41) is 4.05. The van der Waals surface area contributed by atoms with Gasteiger partial charge in [-0.1, -0.05) is 0 Å². The zero-order valence-corrected chi connectivity index (χ0v) is 15.0. The number of benzene rings is 1. The molecule has 0 saturated carbocycles. The molecular formula is C15H17BrFN3O2S. The fourth-order valence-electron chi connectivity index (χ4n) is 2.53. The van der Waals surface area contributed by atoms with Crippen LogP contribution in [0.25, 0.3) is 10.9 Å². The lowest BCUT2D eigenvalue weighted by atomic mass is 10.0. The van der Waals surface area contributed by atoms with Crippen molar-refractivity contribution in [1.29, 1.82) is 0 Å². The molecule has 2 heterocycles. The molecule has 2 aromatic rings. The van der Waals surface area contributed by atoms with Crippen LogP contribution in [0, 0.1) is 11.7 Å². The number of fused-ring (bicyclic) bond motifs is 1. The van der Waals surface area contributed by atoms with Crippen LogP contribution in [-0.4, -0.2) is 43.1 Å². The molecule has 1 aromatic carbocycles. The van der Waals surface area contributed by atoms with E-state index in [1.807, 2.05) is 12.1 Å². The van der Waals surface area contributed by atoms with Gasteiger partial charge in [0.1, 0.15) is 11.6 Å². The van der Waals surface area contributed by atoms with Crippen LogP contribution in [0.4, 0.5) is 10.2 Å². The summed E-state index contributed by atoms with van der Waals surface area (Å²) in [6.07, 6.45) is 0. The number of pyridine rings is 1. The van der Waals surface area contributed by atoms with Gasteiger partial charge in [0.2, 0.25) is 10.0 Å². The molecule has 1 fully saturated rings. The fraction of sp³-hybridized carbons (Fsp3) is 0.400. The summed E-state index contributed by atoms with van der Waals surface area (Å²) < 4.78 is 38.8. The first kappa shape index (κ1) is 16.6. The number of aromatic nitrogens is 1. The van der Waals surface area contributed by atoms with E-state index in [1.165, 1.54) is 10.4 Å². The molecule has 0 radical (unpaired) electrons. The van der Waals surface area contributed by atoms with Crippen molar-refractivity contribution in [2.24, 2.45) is 5.92 Å². The fourth-order valence-corrected chi connectivity index (χ4v) is 4.13. The Morgan fingerprint density at radius 1 is 1.39 bits per heavy atom. The zero-order valence-electron chi connectivity index (χ0n) is 12.6. The molecule has 1 aliphatic rings. The van der Waals surface area contributed by atoms with Crippen molar-refractivity contribution in [3.05, 3.63) is 34.6 Å². The van der Waals surface area contributed by atoms with Crippen molar-refractivity contribution in [2.75, 3.05) is 30.7 Å². The number of nitrogens with zero attached hydrogens (tertiary/aromatic N) is 2. The van der Waals surface area contributed by atoms with Crippen LogP contribution >= 0.6 is 15.9 Å². The van der Waals surface area contributed by atoms with E-state index in [0.717, 1.165) is 5.39 Å². The second kappa shape index (κ2) is 6.33. The molecule has 0 spiro atoms. The van der Waals surface area contributed by atoms with E-state index in [4.69, 9.17) is 0 Å². The van der Waals surface area contributed by atoms with Crippen molar-refractivity contribution in [3.8, 4) is 0 Å². The maximum absolute atomic E-state index is 13.6. The maximum atomic E-state index is 13.6. The van der Waals surface area contributed by atoms with Crippen molar-refractivity contribution >= 4 is 42.7 Å². The van der Waals surface area contributed by atoms with E-state index in [1.54, 1.807) is 13.0 Å². The Bertz CT molecular complexity index is 838. The van der Waals surface area contributed by atoms with Crippen molar-refractivity contribution in [1.82, 2.24) is 9.29 Å². The monoisotopic (exact) mass is 401 g/mol. The summed E-state index contributed by atoms with van der Waals surface area (Å²) in [7, 11) is -3.07. The van der Waals surface area contributed by atoms with Crippen LogP contribution in [0.2, 0.25) is 0 Å². The van der Waals surface area contributed by atoms with Gasteiger partial charge in [0.25, 0.3) is 0 Å². The largest absolute Gasteiger partial charge is 0.370 e. The number of nitrogens with one attached hydrogen (secondary N) is 1. The van der Waals surface area contributed by atoms with Gasteiger partial charge in [-0.25, -0.2) is 22.1 Å². The van der Waals surface area contributed by atoms with E-state index in [0.29, 0.717) is 35.4 Å². The summed E-state index contributed by atoms with van der Waals surface area (Å²) in [6, 6.07) is 6.81. The number of halogens is 2.